The summed E-state index contributed by atoms with van der Waals surface area (Å²) in [4.78, 5) is 21.7. The maximum Gasteiger partial charge on any atom is 0.302 e. The smallest absolute Gasteiger partial charge is 0.302 e. The van der Waals surface area contributed by atoms with E-state index in [4.69, 9.17) is 4.74 Å². The number of rotatable bonds is 5. The fourth-order valence-corrected chi connectivity index (χ4v) is 2.17. The molecule has 0 aliphatic carbocycles. The lowest BCUT2D eigenvalue weighted by molar-refractivity contribution is -0.140. The Kier molecular flexibility index (Phi) is 9.09. The van der Waals surface area contributed by atoms with Crippen LogP contribution in [0.5, 0.6) is 0 Å². The van der Waals surface area contributed by atoms with Gasteiger partial charge in [0.05, 0.1) is 45.3 Å². The van der Waals surface area contributed by atoms with Crippen LogP contribution in [0.1, 0.15) is 29.9 Å². The molecular weight excluding hydrogens is 378 g/mol. The Morgan fingerprint density at radius 1 is 1.24 bits per heavy atom. The predicted octanol–water partition coefficient (Wildman–Crippen LogP) is 0.754. The van der Waals surface area contributed by atoms with Crippen LogP contribution in [0.3, 0.4) is 0 Å². The number of anilines is 1. The Morgan fingerprint density at radius 2 is 1.97 bits per heavy atom. The zero-order chi connectivity index (χ0) is 20.9. The number of hydrazone groups is 1. The van der Waals surface area contributed by atoms with E-state index in [9.17, 15) is 9.59 Å². The van der Waals surface area contributed by atoms with E-state index >= 15 is 0 Å². The summed E-state index contributed by atoms with van der Waals surface area (Å²) in [6.07, 6.45) is 3.04. The Hall–Kier alpha value is -3.47. The highest BCUT2D eigenvalue weighted by Gasteiger charge is 2.09. The third-order valence-electron chi connectivity index (χ3n) is 3.53. The molecule has 1 fully saturated rings. The van der Waals surface area contributed by atoms with Gasteiger partial charge in [0.25, 0.3) is 5.91 Å². The fourth-order valence-electron chi connectivity index (χ4n) is 2.17. The van der Waals surface area contributed by atoms with Crippen molar-refractivity contribution in [1.29, 1.82) is 0 Å². The van der Waals surface area contributed by atoms with E-state index in [1.54, 1.807) is 25.3 Å². The third-order valence-corrected chi connectivity index (χ3v) is 3.53. The van der Waals surface area contributed by atoms with Gasteiger partial charge in [-0.05, 0) is 35.0 Å². The van der Waals surface area contributed by atoms with Gasteiger partial charge in [0.2, 0.25) is 0 Å². The monoisotopic (exact) mass is 401 g/mol. The summed E-state index contributed by atoms with van der Waals surface area (Å²) in [5.41, 5.74) is 1.70. The first-order valence-electron chi connectivity index (χ1n) is 9.01. The molecule has 1 aromatic carbocycles. The molecule has 11 heteroatoms. The number of hydrogen-bond donors (Lipinski definition) is 1. The van der Waals surface area contributed by atoms with E-state index in [2.05, 4.69) is 35.8 Å². The summed E-state index contributed by atoms with van der Waals surface area (Å²) >= 11 is 0. The third kappa shape index (κ3) is 8.39. The van der Waals surface area contributed by atoms with Crippen molar-refractivity contribution in [3.63, 3.8) is 0 Å². The van der Waals surface area contributed by atoms with E-state index in [1.807, 2.05) is 17.1 Å². The van der Waals surface area contributed by atoms with E-state index in [0.29, 0.717) is 25.5 Å². The van der Waals surface area contributed by atoms with Gasteiger partial charge in [-0.3, -0.25) is 14.6 Å². The van der Waals surface area contributed by atoms with Crippen molar-refractivity contribution in [2.24, 2.45) is 5.10 Å². The zero-order valence-electron chi connectivity index (χ0n) is 16.3. The van der Waals surface area contributed by atoms with E-state index in [0.717, 1.165) is 18.7 Å². The second kappa shape index (κ2) is 12.1. The topological polar surface area (TPSA) is 132 Å². The molecule has 1 amide bonds. The minimum absolute atomic E-state index is 0.109. The Bertz CT molecular complexity index is 794. The average molecular weight is 401 g/mol. The van der Waals surface area contributed by atoms with Crippen LogP contribution in [0.25, 0.3) is 0 Å². The molecule has 2 aromatic rings. The lowest BCUT2D eigenvalue weighted by Crippen LogP contribution is -2.32. The van der Waals surface area contributed by atoms with Crippen LogP contribution in [-0.2, 0) is 14.3 Å². The van der Waals surface area contributed by atoms with Crippen molar-refractivity contribution in [2.45, 2.75) is 13.8 Å². The first-order valence-corrected chi connectivity index (χ1v) is 9.01. The van der Waals surface area contributed by atoms with E-state index in [1.165, 1.54) is 13.1 Å². The highest BCUT2D eigenvalue weighted by molar-refractivity contribution is 6.02. The molecule has 0 unspecified atom stereocenters. The van der Waals surface area contributed by atoms with Crippen molar-refractivity contribution >= 4 is 23.8 Å². The molecular formula is C18H23N7O4. The number of nitrogens with one attached hydrogen (secondary N) is 1. The van der Waals surface area contributed by atoms with Crippen LogP contribution in [0.4, 0.5) is 5.69 Å². The maximum atomic E-state index is 11.9. The van der Waals surface area contributed by atoms with Gasteiger partial charge < -0.3 is 14.8 Å². The van der Waals surface area contributed by atoms with Crippen LogP contribution < -0.4 is 5.32 Å². The van der Waals surface area contributed by atoms with Gasteiger partial charge in [-0.25, -0.2) is 0 Å². The molecule has 3 rings (SSSR count). The van der Waals surface area contributed by atoms with Crippen molar-refractivity contribution < 1.29 is 19.1 Å². The lowest BCUT2D eigenvalue weighted by atomic mass is 10.2. The SMILES string of the molecule is CCOC(C)=O.O=C(Nc1ccc(C=NN2CCOCC2)cc1)c1cnnnn1. The van der Waals surface area contributed by atoms with Crippen LogP contribution >= 0.6 is 0 Å². The van der Waals surface area contributed by atoms with Crippen LogP contribution in [0.2, 0.25) is 0 Å². The molecule has 29 heavy (non-hydrogen) atoms. The Morgan fingerprint density at radius 3 is 2.52 bits per heavy atom. The molecule has 1 aliphatic rings. The zero-order valence-corrected chi connectivity index (χ0v) is 16.3. The number of ether oxygens (including phenoxy) is 2. The minimum Gasteiger partial charge on any atom is -0.466 e. The lowest BCUT2D eigenvalue weighted by Gasteiger charge is -2.23. The summed E-state index contributed by atoms with van der Waals surface area (Å²) in [7, 11) is 0. The number of hydrogen-bond acceptors (Lipinski definition) is 10. The Labute approximate surface area is 168 Å². The van der Waals surface area contributed by atoms with Gasteiger partial charge >= 0.3 is 5.97 Å². The van der Waals surface area contributed by atoms with Crippen LogP contribution in [0, 0.1) is 0 Å². The molecule has 0 atom stereocenters. The minimum atomic E-state index is -0.387. The summed E-state index contributed by atoms with van der Waals surface area (Å²) in [6, 6.07) is 7.33. The highest BCUT2D eigenvalue weighted by Crippen LogP contribution is 2.10. The van der Waals surface area contributed by atoms with Crippen LogP contribution in [-0.4, -0.2) is 76.6 Å². The number of carbonyl (C=O) groups is 2. The molecule has 2 heterocycles. The van der Waals surface area contributed by atoms with E-state index in [-0.39, 0.29) is 17.6 Å². The quantitative estimate of drug-likeness (QED) is 0.569. The first kappa shape index (κ1) is 21.8. The van der Waals surface area contributed by atoms with Gasteiger partial charge in [0.1, 0.15) is 0 Å². The molecule has 154 valence electrons. The number of nitrogens with zero attached hydrogens (tertiary/aromatic N) is 6. The van der Waals surface area contributed by atoms with Crippen LogP contribution in [0.15, 0.2) is 35.6 Å². The average Bonchev–Trinajstić information content (AvgIpc) is 2.75. The molecule has 0 radical (unpaired) electrons. The number of carbonyl (C=O) groups excluding carboxylic acids is 2. The molecule has 1 aliphatic heterocycles. The molecule has 1 N–H and O–H groups in total. The van der Waals surface area contributed by atoms with Gasteiger partial charge in [-0.2, -0.15) is 5.10 Å². The van der Waals surface area contributed by atoms with Gasteiger partial charge in [-0.1, -0.05) is 12.1 Å². The first-order chi connectivity index (χ1) is 14.1. The predicted molar refractivity (Wildman–Crippen MR) is 104 cm³/mol. The summed E-state index contributed by atoms with van der Waals surface area (Å²) in [5, 5.41) is 22.8. The normalized spacial score (nSPS) is 13.4. The Balaban J connectivity index is 0.000000438. The molecule has 11 nitrogen and oxygen atoms in total. The second-order valence-corrected chi connectivity index (χ2v) is 5.72. The molecule has 0 saturated carbocycles. The number of amides is 1. The summed E-state index contributed by atoms with van der Waals surface area (Å²) in [6.45, 7) is 6.65. The highest BCUT2D eigenvalue weighted by atomic mass is 16.5. The number of morpholine rings is 1. The van der Waals surface area contributed by atoms with Crippen molar-refractivity contribution in [3.05, 3.63) is 41.7 Å². The summed E-state index contributed by atoms with van der Waals surface area (Å²) in [5.74, 6) is -0.598. The number of esters is 1. The van der Waals surface area contributed by atoms with Crippen molar-refractivity contribution in [2.75, 3.05) is 38.2 Å². The van der Waals surface area contributed by atoms with E-state index < -0.39 is 0 Å². The summed E-state index contributed by atoms with van der Waals surface area (Å²) < 4.78 is 9.67. The molecule has 1 aromatic heterocycles. The number of aromatic nitrogens is 4. The number of benzene rings is 1. The van der Waals surface area contributed by atoms with Gasteiger partial charge in [0, 0.05) is 12.6 Å². The van der Waals surface area contributed by atoms with Gasteiger partial charge in [0.15, 0.2) is 5.69 Å². The largest absolute Gasteiger partial charge is 0.466 e. The fraction of sp³-hybridized carbons (Fsp3) is 0.389. The van der Waals surface area contributed by atoms with Crippen molar-refractivity contribution in [1.82, 2.24) is 25.6 Å². The molecule has 0 spiro atoms. The second-order valence-electron chi connectivity index (χ2n) is 5.72. The van der Waals surface area contributed by atoms with Gasteiger partial charge in [-0.15, -0.1) is 10.2 Å². The standard InChI is InChI=1S/C14H15N7O2.C4H8O2/c22-14(13-10-15-19-20-18-13)17-12-3-1-11(2-4-12)9-16-21-5-7-23-8-6-21;1-3-6-4(2)5/h1-4,9-10H,5-8H2,(H,17,22);3H2,1-2H3. The maximum absolute atomic E-state index is 11.9. The molecule has 0 bridgehead atoms. The van der Waals surface area contributed by atoms with Crippen molar-refractivity contribution in [3.8, 4) is 0 Å². The molecule has 1 saturated heterocycles.